The van der Waals surface area contributed by atoms with Crippen LogP contribution in [0.4, 0.5) is 0 Å². The van der Waals surface area contributed by atoms with Crippen LogP contribution in [0.3, 0.4) is 0 Å². The smallest absolute Gasteiger partial charge is 0.240 e. The van der Waals surface area contributed by atoms with Crippen LogP contribution >= 0.6 is 0 Å². The number of nitrogens with two attached hydrogens (primary N) is 1. The summed E-state index contributed by atoms with van der Waals surface area (Å²) in [5.41, 5.74) is 5.72. The number of hydrogen-bond acceptors (Lipinski definition) is 3. The fourth-order valence-corrected chi connectivity index (χ4v) is 3.21. The molecule has 112 valence electrons. The maximum Gasteiger partial charge on any atom is 0.240 e. The van der Waals surface area contributed by atoms with Gasteiger partial charge in [0.05, 0.1) is 5.54 Å². The van der Waals surface area contributed by atoms with Gasteiger partial charge in [0.15, 0.2) is 0 Å². The van der Waals surface area contributed by atoms with E-state index in [1.165, 1.54) is 6.42 Å². The molecule has 1 aliphatic carbocycles. The molecule has 0 spiro atoms. The van der Waals surface area contributed by atoms with Gasteiger partial charge in [0, 0.05) is 13.1 Å². The molecule has 1 amide bonds. The molecule has 0 aromatic rings. The minimum Gasteiger partial charge on any atom is -0.354 e. The van der Waals surface area contributed by atoms with Gasteiger partial charge in [-0.15, -0.1) is 0 Å². The average molecular weight is 269 g/mol. The highest BCUT2D eigenvalue weighted by molar-refractivity contribution is 5.86. The van der Waals surface area contributed by atoms with Crippen LogP contribution < -0.4 is 11.1 Å². The summed E-state index contributed by atoms with van der Waals surface area (Å²) in [6.07, 6.45) is 3.88. The van der Waals surface area contributed by atoms with Gasteiger partial charge in [-0.3, -0.25) is 4.79 Å². The number of carbonyl (C=O) groups excluding carboxylic acids is 1. The second-order valence-corrected chi connectivity index (χ2v) is 7.44. The molecule has 4 nitrogen and oxygen atoms in total. The highest BCUT2D eigenvalue weighted by Crippen LogP contribution is 2.30. The van der Waals surface area contributed by atoms with Crippen molar-refractivity contribution in [1.29, 1.82) is 0 Å². The fraction of sp³-hybridized carbons (Fsp3) is 0.933. The first-order valence-corrected chi connectivity index (χ1v) is 7.37. The van der Waals surface area contributed by atoms with Crippen molar-refractivity contribution in [2.24, 2.45) is 17.1 Å². The zero-order valence-electron chi connectivity index (χ0n) is 13.3. The summed E-state index contributed by atoms with van der Waals surface area (Å²) in [4.78, 5) is 14.5. The van der Waals surface area contributed by atoms with Gasteiger partial charge in [-0.05, 0) is 38.3 Å². The minimum absolute atomic E-state index is 0.0332. The highest BCUT2D eigenvalue weighted by Gasteiger charge is 2.38. The third-order valence-corrected chi connectivity index (χ3v) is 3.96. The van der Waals surface area contributed by atoms with Crippen LogP contribution in [0.5, 0.6) is 0 Å². The molecule has 1 aliphatic rings. The van der Waals surface area contributed by atoms with Crippen molar-refractivity contribution in [2.45, 2.75) is 52.0 Å². The lowest BCUT2D eigenvalue weighted by molar-refractivity contribution is -0.128. The Morgan fingerprint density at radius 3 is 2.63 bits per heavy atom. The predicted molar refractivity (Wildman–Crippen MR) is 79.9 cm³/mol. The zero-order valence-corrected chi connectivity index (χ0v) is 13.3. The Bertz CT molecular complexity index is 315. The lowest BCUT2D eigenvalue weighted by Gasteiger charge is -2.36. The topological polar surface area (TPSA) is 58.4 Å². The van der Waals surface area contributed by atoms with E-state index in [-0.39, 0.29) is 11.3 Å². The molecule has 19 heavy (non-hydrogen) atoms. The number of nitrogens with zero attached hydrogens (tertiary/aromatic N) is 1. The van der Waals surface area contributed by atoms with Crippen molar-refractivity contribution in [2.75, 3.05) is 27.2 Å². The van der Waals surface area contributed by atoms with Crippen LogP contribution in [0, 0.1) is 11.3 Å². The van der Waals surface area contributed by atoms with Crippen LogP contribution in [-0.2, 0) is 4.79 Å². The van der Waals surface area contributed by atoms with Gasteiger partial charge in [-0.2, -0.15) is 0 Å². The van der Waals surface area contributed by atoms with E-state index in [1.54, 1.807) is 0 Å². The third-order valence-electron chi connectivity index (χ3n) is 3.96. The summed E-state index contributed by atoms with van der Waals surface area (Å²) in [5, 5.41) is 3.07. The Morgan fingerprint density at radius 1 is 1.47 bits per heavy atom. The van der Waals surface area contributed by atoms with Gasteiger partial charge in [0.2, 0.25) is 5.91 Å². The maximum atomic E-state index is 12.3. The van der Waals surface area contributed by atoms with Gasteiger partial charge in [0.25, 0.3) is 0 Å². The Morgan fingerprint density at radius 2 is 2.11 bits per heavy atom. The Labute approximate surface area is 118 Å². The summed E-state index contributed by atoms with van der Waals surface area (Å²) in [5.74, 6) is 0.588. The van der Waals surface area contributed by atoms with Crippen molar-refractivity contribution in [3.63, 3.8) is 0 Å². The lowest BCUT2D eigenvalue weighted by Crippen LogP contribution is -2.57. The van der Waals surface area contributed by atoms with Crippen molar-refractivity contribution in [1.82, 2.24) is 10.2 Å². The predicted octanol–water partition coefficient (Wildman–Crippen LogP) is 1.60. The van der Waals surface area contributed by atoms with Gasteiger partial charge in [-0.1, -0.05) is 33.6 Å². The number of rotatable bonds is 5. The molecule has 0 aromatic carbocycles. The standard InChI is InChI=1S/C15H31N3O/c1-12-7-6-8-15(16,9-12)13(19)17-10-14(2,3)11-18(4)5/h12H,6-11,16H2,1-5H3,(H,17,19). The maximum absolute atomic E-state index is 12.3. The van der Waals surface area contributed by atoms with E-state index in [4.69, 9.17) is 5.73 Å². The largest absolute Gasteiger partial charge is 0.354 e. The van der Waals surface area contributed by atoms with Crippen molar-refractivity contribution >= 4 is 5.91 Å². The summed E-state index contributed by atoms with van der Waals surface area (Å²) < 4.78 is 0. The molecule has 0 bridgehead atoms. The fourth-order valence-electron chi connectivity index (χ4n) is 3.21. The SMILES string of the molecule is CC1CCCC(N)(C(=O)NCC(C)(C)CN(C)C)C1. The summed E-state index contributed by atoms with van der Waals surface area (Å²) >= 11 is 0. The van der Waals surface area contributed by atoms with Crippen LogP contribution in [0.15, 0.2) is 0 Å². The molecule has 0 heterocycles. The van der Waals surface area contributed by atoms with Crippen LogP contribution in [0.2, 0.25) is 0 Å². The van der Waals surface area contributed by atoms with E-state index in [1.807, 2.05) is 0 Å². The van der Waals surface area contributed by atoms with Crippen LogP contribution in [0.1, 0.15) is 46.5 Å². The van der Waals surface area contributed by atoms with Gasteiger partial charge >= 0.3 is 0 Å². The molecule has 0 radical (unpaired) electrons. The molecule has 4 heteroatoms. The van der Waals surface area contributed by atoms with Crippen molar-refractivity contribution < 1.29 is 4.79 Å². The minimum atomic E-state index is -0.647. The van der Waals surface area contributed by atoms with E-state index in [2.05, 4.69) is 45.1 Å². The molecule has 0 aliphatic heterocycles. The Kier molecular flexibility index (Phi) is 5.39. The second-order valence-electron chi connectivity index (χ2n) is 7.44. The summed E-state index contributed by atoms with van der Waals surface area (Å²) in [6.45, 7) is 8.14. The molecule has 2 atom stereocenters. The zero-order chi connectivity index (χ0) is 14.7. The highest BCUT2D eigenvalue weighted by atomic mass is 16.2. The summed E-state index contributed by atoms with van der Waals surface area (Å²) in [6, 6.07) is 0. The third kappa shape index (κ3) is 5.11. The van der Waals surface area contributed by atoms with E-state index in [0.717, 1.165) is 25.8 Å². The first kappa shape index (κ1) is 16.4. The van der Waals surface area contributed by atoms with E-state index >= 15 is 0 Å². The van der Waals surface area contributed by atoms with Crippen molar-refractivity contribution in [3.05, 3.63) is 0 Å². The van der Waals surface area contributed by atoms with Crippen LogP contribution in [-0.4, -0.2) is 43.5 Å². The van der Waals surface area contributed by atoms with E-state index < -0.39 is 5.54 Å². The molecule has 0 saturated heterocycles. The molecule has 1 rings (SSSR count). The number of amides is 1. The van der Waals surface area contributed by atoms with Gasteiger partial charge < -0.3 is 16.0 Å². The summed E-state index contributed by atoms with van der Waals surface area (Å²) in [7, 11) is 4.10. The number of hydrogen-bond donors (Lipinski definition) is 2. The quantitative estimate of drug-likeness (QED) is 0.797. The molecule has 1 saturated carbocycles. The number of carbonyl (C=O) groups is 1. The Hall–Kier alpha value is -0.610. The molecule has 1 fully saturated rings. The molecule has 3 N–H and O–H groups in total. The van der Waals surface area contributed by atoms with Crippen LogP contribution in [0.25, 0.3) is 0 Å². The van der Waals surface area contributed by atoms with E-state index in [9.17, 15) is 4.79 Å². The molecule has 2 unspecified atom stereocenters. The Balaban J connectivity index is 2.50. The van der Waals surface area contributed by atoms with Gasteiger partial charge in [0.1, 0.15) is 0 Å². The molecular weight excluding hydrogens is 238 g/mol. The normalized spacial score (nSPS) is 28.5. The monoisotopic (exact) mass is 269 g/mol. The number of nitrogens with one attached hydrogen (secondary N) is 1. The molecular formula is C15H31N3O. The first-order chi connectivity index (χ1) is 8.65. The first-order valence-electron chi connectivity index (χ1n) is 7.37. The van der Waals surface area contributed by atoms with E-state index in [0.29, 0.717) is 12.5 Å². The van der Waals surface area contributed by atoms with Crippen molar-refractivity contribution in [3.8, 4) is 0 Å². The average Bonchev–Trinajstić information content (AvgIpc) is 2.23. The molecule has 0 aromatic heterocycles. The van der Waals surface area contributed by atoms with Gasteiger partial charge in [-0.25, -0.2) is 0 Å². The second kappa shape index (κ2) is 6.23. The lowest BCUT2D eigenvalue weighted by atomic mass is 9.76.